The van der Waals surface area contributed by atoms with Crippen LogP contribution < -0.4 is 5.56 Å². The number of hydrogen-bond donors (Lipinski definition) is 0. The third-order valence-corrected chi connectivity index (χ3v) is 4.01. The van der Waals surface area contributed by atoms with Gasteiger partial charge in [-0.25, -0.2) is 9.67 Å². The van der Waals surface area contributed by atoms with Gasteiger partial charge in [-0.1, -0.05) is 47.7 Å². The first-order valence-electron chi connectivity index (χ1n) is 7.53. The van der Waals surface area contributed by atoms with E-state index in [1.54, 1.807) is 15.6 Å². The molecule has 4 aromatic rings. The van der Waals surface area contributed by atoms with Crippen molar-refractivity contribution in [3.05, 3.63) is 64.7 Å². The third kappa shape index (κ3) is 2.19. The highest BCUT2D eigenvalue weighted by atomic mass is 16.1. The van der Waals surface area contributed by atoms with Crippen LogP contribution in [0, 0.1) is 0 Å². The third-order valence-electron chi connectivity index (χ3n) is 4.01. The zero-order valence-corrected chi connectivity index (χ0v) is 12.7. The Morgan fingerprint density at radius 3 is 2.78 bits per heavy atom. The average molecular weight is 305 g/mol. The van der Waals surface area contributed by atoms with Crippen molar-refractivity contribution in [2.24, 2.45) is 0 Å². The van der Waals surface area contributed by atoms with Crippen LogP contribution in [0.25, 0.3) is 21.9 Å². The second-order valence-corrected chi connectivity index (χ2v) is 5.39. The van der Waals surface area contributed by atoms with E-state index >= 15 is 0 Å². The summed E-state index contributed by atoms with van der Waals surface area (Å²) < 4.78 is 3.21. The van der Waals surface area contributed by atoms with Gasteiger partial charge in [0.15, 0.2) is 11.2 Å². The van der Waals surface area contributed by atoms with Crippen molar-refractivity contribution in [2.75, 3.05) is 0 Å². The summed E-state index contributed by atoms with van der Waals surface area (Å²) in [5, 5.41) is 10.2. The van der Waals surface area contributed by atoms with E-state index in [0.717, 1.165) is 16.3 Å². The first kappa shape index (κ1) is 13.6. The van der Waals surface area contributed by atoms with Crippen molar-refractivity contribution in [2.45, 2.75) is 20.0 Å². The highest BCUT2D eigenvalue weighted by Crippen LogP contribution is 2.19. The molecular formula is C17H15N5O. The van der Waals surface area contributed by atoms with Crippen LogP contribution in [0.5, 0.6) is 0 Å². The van der Waals surface area contributed by atoms with E-state index in [2.05, 4.69) is 33.5 Å². The number of aryl methyl sites for hydroxylation is 1. The molecule has 0 bridgehead atoms. The van der Waals surface area contributed by atoms with Gasteiger partial charge in [-0.05, 0) is 23.3 Å². The van der Waals surface area contributed by atoms with E-state index in [1.165, 1.54) is 0 Å². The van der Waals surface area contributed by atoms with Crippen LogP contribution in [-0.2, 0) is 13.1 Å². The molecule has 0 spiro atoms. The van der Waals surface area contributed by atoms with Crippen molar-refractivity contribution in [3.8, 4) is 0 Å². The fourth-order valence-corrected chi connectivity index (χ4v) is 2.83. The Bertz CT molecular complexity index is 1060. The van der Waals surface area contributed by atoms with Gasteiger partial charge in [0.05, 0.1) is 6.54 Å². The van der Waals surface area contributed by atoms with Crippen molar-refractivity contribution in [1.82, 2.24) is 24.5 Å². The zero-order chi connectivity index (χ0) is 15.8. The quantitative estimate of drug-likeness (QED) is 0.582. The molecule has 6 heteroatoms. The van der Waals surface area contributed by atoms with Crippen molar-refractivity contribution >= 4 is 21.9 Å². The first-order valence-corrected chi connectivity index (χ1v) is 7.53. The average Bonchev–Trinajstić information content (AvgIpc) is 3.01. The van der Waals surface area contributed by atoms with Gasteiger partial charge in [0.1, 0.15) is 6.33 Å². The predicted molar refractivity (Wildman–Crippen MR) is 88.3 cm³/mol. The lowest BCUT2D eigenvalue weighted by Gasteiger charge is -2.08. The summed E-state index contributed by atoms with van der Waals surface area (Å²) in [6.45, 7) is 3.04. The fraction of sp³-hybridized carbons (Fsp3) is 0.176. The predicted octanol–water partition coefficient (Wildman–Crippen LogP) is 2.21. The summed E-state index contributed by atoms with van der Waals surface area (Å²) in [6, 6.07) is 14.2. The molecule has 0 radical (unpaired) electrons. The summed E-state index contributed by atoms with van der Waals surface area (Å²) in [4.78, 5) is 17.0. The molecule has 0 atom stereocenters. The maximum Gasteiger partial charge on any atom is 0.283 e. The SMILES string of the molecule is CCn1nnc2c(=O)n(Cc3cccc4ccccc34)cnc21. The lowest BCUT2D eigenvalue weighted by Crippen LogP contribution is -2.21. The molecule has 0 aliphatic rings. The smallest absolute Gasteiger partial charge is 0.283 e. The minimum atomic E-state index is -0.164. The molecule has 2 aromatic heterocycles. The molecule has 23 heavy (non-hydrogen) atoms. The molecule has 6 nitrogen and oxygen atoms in total. The summed E-state index contributed by atoms with van der Waals surface area (Å²) in [5.74, 6) is 0. The molecule has 0 N–H and O–H groups in total. The van der Waals surface area contributed by atoms with E-state index in [-0.39, 0.29) is 5.56 Å². The molecule has 0 aliphatic carbocycles. The number of fused-ring (bicyclic) bond motifs is 2. The summed E-state index contributed by atoms with van der Waals surface area (Å²) in [6.07, 6.45) is 1.57. The number of benzene rings is 2. The zero-order valence-electron chi connectivity index (χ0n) is 12.7. The maximum absolute atomic E-state index is 12.6. The number of rotatable bonds is 3. The van der Waals surface area contributed by atoms with Gasteiger partial charge in [0, 0.05) is 6.54 Å². The summed E-state index contributed by atoms with van der Waals surface area (Å²) >= 11 is 0. The minimum absolute atomic E-state index is 0.164. The topological polar surface area (TPSA) is 65.6 Å². The van der Waals surface area contributed by atoms with Gasteiger partial charge >= 0.3 is 0 Å². The molecule has 2 heterocycles. The molecule has 0 fully saturated rings. The molecule has 4 rings (SSSR count). The highest BCUT2D eigenvalue weighted by Gasteiger charge is 2.11. The van der Waals surface area contributed by atoms with E-state index in [9.17, 15) is 4.79 Å². The van der Waals surface area contributed by atoms with Crippen LogP contribution in [0.2, 0.25) is 0 Å². The standard InChI is InChI=1S/C17H15N5O/c1-2-22-16-15(19-20-22)17(23)21(11-18-16)10-13-8-5-7-12-6-3-4-9-14(12)13/h3-9,11H,2,10H2,1H3. The van der Waals surface area contributed by atoms with Gasteiger partial charge in [0.25, 0.3) is 5.56 Å². The molecule has 0 saturated carbocycles. The van der Waals surface area contributed by atoms with E-state index in [4.69, 9.17) is 0 Å². The number of nitrogens with zero attached hydrogens (tertiary/aromatic N) is 5. The lowest BCUT2D eigenvalue weighted by atomic mass is 10.0. The Kier molecular flexibility index (Phi) is 3.15. The Labute approximate surface area is 132 Å². The molecular weight excluding hydrogens is 290 g/mol. The van der Waals surface area contributed by atoms with Crippen LogP contribution in [0.4, 0.5) is 0 Å². The highest BCUT2D eigenvalue weighted by molar-refractivity contribution is 5.85. The molecule has 114 valence electrons. The molecule has 0 unspecified atom stereocenters. The Morgan fingerprint density at radius 2 is 1.91 bits per heavy atom. The van der Waals surface area contributed by atoms with Crippen molar-refractivity contribution in [1.29, 1.82) is 0 Å². The van der Waals surface area contributed by atoms with Crippen LogP contribution in [-0.4, -0.2) is 24.5 Å². The lowest BCUT2D eigenvalue weighted by molar-refractivity contribution is 0.640. The second-order valence-electron chi connectivity index (χ2n) is 5.39. The van der Waals surface area contributed by atoms with Gasteiger partial charge in [-0.3, -0.25) is 9.36 Å². The minimum Gasteiger partial charge on any atom is -0.293 e. The van der Waals surface area contributed by atoms with Crippen molar-refractivity contribution < 1.29 is 0 Å². The van der Waals surface area contributed by atoms with Crippen LogP contribution in [0.15, 0.2) is 53.6 Å². The molecule has 0 aliphatic heterocycles. The van der Waals surface area contributed by atoms with Gasteiger partial charge in [-0.15, -0.1) is 5.10 Å². The van der Waals surface area contributed by atoms with Gasteiger partial charge < -0.3 is 0 Å². The van der Waals surface area contributed by atoms with Gasteiger partial charge in [0.2, 0.25) is 0 Å². The number of hydrogen-bond acceptors (Lipinski definition) is 4. The van der Waals surface area contributed by atoms with Crippen LogP contribution >= 0.6 is 0 Å². The van der Waals surface area contributed by atoms with Crippen LogP contribution in [0.1, 0.15) is 12.5 Å². The summed E-state index contributed by atoms with van der Waals surface area (Å²) in [7, 11) is 0. The Morgan fingerprint density at radius 1 is 1.09 bits per heavy atom. The second kappa shape index (κ2) is 5.31. The van der Waals surface area contributed by atoms with E-state index in [1.807, 2.05) is 31.2 Å². The molecule has 0 saturated heterocycles. The Hall–Kier alpha value is -3.02. The summed E-state index contributed by atoms with van der Waals surface area (Å²) in [5.41, 5.74) is 1.76. The maximum atomic E-state index is 12.6. The molecule has 2 aromatic carbocycles. The molecule has 0 amide bonds. The number of aromatic nitrogens is 5. The fourth-order valence-electron chi connectivity index (χ4n) is 2.83. The van der Waals surface area contributed by atoms with Crippen molar-refractivity contribution in [3.63, 3.8) is 0 Å². The largest absolute Gasteiger partial charge is 0.293 e. The normalized spacial score (nSPS) is 11.3. The van der Waals surface area contributed by atoms with E-state index < -0.39 is 0 Å². The van der Waals surface area contributed by atoms with Gasteiger partial charge in [-0.2, -0.15) is 0 Å². The van der Waals surface area contributed by atoms with E-state index in [0.29, 0.717) is 24.3 Å². The monoisotopic (exact) mass is 305 g/mol. The first-order chi connectivity index (χ1) is 11.3. The Balaban J connectivity index is 1.84. The van der Waals surface area contributed by atoms with Crippen LogP contribution in [0.3, 0.4) is 0 Å².